The molecule has 0 saturated heterocycles. The summed E-state index contributed by atoms with van der Waals surface area (Å²) in [5, 5.41) is 18.2. The largest absolute Gasteiger partial charge is 0.391 e. The average Bonchev–Trinajstić information content (AvgIpc) is 2.00. The van der Waals surface area contributed by atoms with Crippen molar-refractivity contribution >= 4 is 0 Å². The Labute approximate surface area is 74.4 Å². The summed E-state index contributed by atoms with van der Waals surface area (Å²) in [6.45, 7) is 6.21. The maximum atomic E-state index is 9.24. The molecule has 0 bridgehead atoms. The van der Waals surface area contributed by atoms with Crippen molar-refractivity contribution in [3.8, 4) is 0 Å². The van der Waals surface area contributed by atoms with Crippen molar-refractivity contribution in [2.45, 2.75) is 51.9 Å². The lowest BCUT2D eigenvalue weighted by Gasteiger charge is -2.16. The lowest BCUT2D eigenvalue weighted by molar-refractivity contribution is 0.00706. The van der Waals surface area contributed by atoms with E-state index in [1.807, 2.05) is 13.8 Å². The molecule has 0 aliphatic heterocycles. The van der Waals surface area contributed by atoms with E-state index in [4.69, 9.17) is 9.84 Å². The highest BCUT2D eigenvalue weighted by atomic mass is 16.5. The van der Waals surface area contributed by atoms with E-state index in [0.29, 0.717) is 13.0 Å². The Bertz CT molecular complexity index is 104. The Morgan fingerprint density at radius 2 is 1.75 bits per heavy atom. The minimum Gasteiger partial charge on any atom is -0.391 e. The number of ether oxygens (including phenoxy) is 1. The molecule has 0 rings (SSSR count). The summed E-state index contributed by atoms with van der Waals surface area (Å²) in [5.41, 5.74) is 0. The second-order valence-corrected chi connectivity index (χ2v) is 3.15. The van der Waals surface area contributed by atoms with Gasteiger partial charge in [0.15, 0.2) is 0 Å². The van der Waals surface area contributed by atoms with Crippen molar-refractivity contribution < 1.29 is 14.9 Å². The Hall–Kier alpha value is -0.120. The second-order valence-electron chi connectivity index (χ2n) is 3.15. The quantitative estimate of drug-likeness (QED) is 0.633. The molecule has 0 heterocycles. The molecular formula is C9H20O3. The Morgan fingerprint density at radius 1 is 1.17 bits per heavy atom. The highest BCUT2D eigenvalue weighted by molar-refractivity contribution is 4.63. The van der Waals surface area contributed by atoms with Crippen LogP contribution in [0.1, 0.15) is 33.6 Å². The summed E-state index contributed by atoms with van der Waals surface area (Å²) in [4.78, 5) is 0. The van der Waals surface area contributed by atoms with Crippen LogP contribution in [0.3, 0.4) is 0 Å². The Balaban J connectivity index is 3.40. The summed E-state index contributed by atoms with van der Waals surface area (Å²) < 4.78 is 5.28. The van der Waals surface area contributed by atoms with E-state index < -0.39 is 12.2 Å². The molecule has 2 N–H and O–H groups in total. The van der Waals surface area contributed by atoms with Gasteiger partial charge in [-0.3, -0.25) is 0 Å². The number of rotatable bonds is 6. The minimum absolute atomic E-state index is 0.170. The van der Waals surface area contributed by atoms with Crippen LogP contribution in [0.25, 0.3) is 0 Å². The molecule has 74 valence electrons. The van der Waals surface area contributed by atoms with Crippen LogP contribution in [0, 0.1) is 0 Å². The normalized spacial score (nSPS) is 18.8. The van der Waals surface area contributed by atoms with E-state index in [0.717, 1.165) is 6.42 Å². The smallest absolute Gasteiger partial charge is 0.0797 e. The van der Waals surface area contributed by atoms with E-state index in [9.17, 15) is 5.11 Å². The SMILES string of the molecule is CCOC(C)CCC(O)C(C)O. The standard InChI is InChI=1S/C9H20O3/c1-4-12-7(2)5-6-9(11)8(3)10/h7-11H,4-6H2,1-3H3. The van der Waals surface area contributed by atoms with Gasteiger partial charge in [-0.2, -0.15) is 0 Å². The fraction of sp³-hybridized carbons (Fsp3) is 1.00. The summed E-state index contributed by atoms with van der Waals surface area (Å²) in [7, 11) is 0. The average molecular weight is 176 g/mol. The van der Waals surface area contributed by atoms with Gasteiger partial charge in [-0.1, -0.05) is 0 Å². The number of aliphatic hydroxyl groups excluding tert-OH is 2. The molecule has 0 saturated carbocycles. The maximum absolute atomic E-state index is 9.24. The van der Waals surface area contributed by atoms with E-state index >= 15 is 0 Å². The van der Waals surface area contributed by atoms with Gasteiger partial charge >= 0.3 is 0 Å². The molecule has 0 aromatic heterocycles. The summed E-state index contributed by atoms with van der Waals surface area (Å²) in [6, 6.07) is 0. The summed E-state index contributed by atoms with van der Waals surface area (Å²) in [6.07, 6.45) is 0.300. The zero-order chi connectivity index (χ0) is 9.56. The van der Waals surface area contributed by atoms with Gasteiger partial charge in [0.25, 0.3) is 0 Å². The second kappa shape index (κ2) is 6.40. The van der Waals surface area contributed by atoms with E-state index in [1.54, 1.807) is 6.92 Å². The lowest BCUT2D eigenvalue weighted by Crippen LogP contribution is -2.24. The van der Waals surface area contributed by atoms with Gasteiger partial charge in [0.1, 0.15) is 0 Å². The van der Waals surface area contributed by atoms with Gasteiger partial charge in [-0.15, -0.1) is 0 Å². The monoisotopic (exact) mass is 176 g/mol. The number of hydrogen-bond acceptors (Lipinski definition) is 3. The van der Waals surface area contributed by atoms with Crippen LogP contribution in [0.4, 0.5) is 0 Å². The molecule has 0 radical (unpaired) electrons. The highest BCUT2D eigenvalue weighted by Crippen LogP contribution is 2.07. The van der Waals surface area contributed by atoms with Crippen molar-refractivity contribution in [1.82, 2.24) is 0 Å². The first-order chi connectivity index (χ1) is 5.57. The predicted molar refractivity (Wildman–Crippen MR) is 48.0 cm³/mol. The van der Waals surface area contributed by atoms with Crippen LogP contribution in [-0.2, 0) is 4.74 Å². The van der Waals surface area contributed by atoms with E-state index in [1.165, 1.54) is 0 Å². The van der Waals surface area contributed by atoms with Gasteiger partial charge < -0.3 is 14.9 Å². The van der Waals surface area contributed by atoms with Crippen LogP contribution < -0.4 is 0 Å². The van der Waals surface area contributed by atoms with Crippen LogP contribution >= 0.6 is 0 Å². The zero-order valence-corrected chi connectivity index (χ0v) is 8.16. The van der Waals surface area contributed by atoms with Crippen molar-refractivity contribution in [3.63, 3.8) is 0 Å². The van der Waals surface area contributed by atoms with Crippen LogP contribution in [0.5, 0.6) is 0 Å². The van der Waals surface area contributed by atoms with Crippen molar-refractivity contribution in [3.05, 3.63) is 0 Å². The molecule has 12 heavy (non-hydrogen) atoms. The summed E-state index contributed by atoms with van der Waals surface area (Å²) in [5.74, 6) is 0. The molecule has 0 fully saturated rings. The Morgan fingerprint density at radius 3 is 2.17 bits per heavy atom. The first-order valence-electron chi connectivity index (χ1n) is 4.55. The van der Waals surface area contributed by atoms with Crippen molar-refractivity contribution in [2.75, 3.05) is 6.61 Å². The number of aliphatic hydroxyl groups is 2. The van der Waals surface area contributed by atoms with Gasteiger partial charge in [-0.25, -0.2) is 0 Å². The third kappa shape index (κ3) is 5.52. The van der Waals surface area contributed by atoms with Crippen LogP contribution in [-0.4, -0.2) is 35.1 Å². The molecule has 0 aromatic rings. The number of hydrogen-bond donors (Lipinski definition) is 2. The Kier molecular flexibility index (Phi) is 6.34. The third-order valence-electron chi connectivity index (χ3n) is 1.88. The van der Waals surface area contributed by atoms with Gasteiger partial charge in [-0.05, 0) is 33.6 Å². The van der Waals surface area contributed by atoms with Crippen molar-refractivity contribution in [2.24, 2.45) is 0 Å². The van der Waals surface area contributed by atoms with E-state index in [-0.39, 0.29) is 6.10 Å². The van der Waals surface area contributed by atoms with Crippen molar-refractivity contribution in [1.29, 1.82) is 0 Å². The van der Waals surface area contributed by atoms with Crippen LogP contribution in [0.2, 0.25) is 0 Å². The minimum atomic E-state index is -0.640. The van der Waals surface area contributed by atoms with Gasteiger partial charge in [0.05, 0.1) is 18.3 Å². The first kappa shape index (κ1) is 11.9. The molecular weight excluding hydrogens is 156 g/mol. The first-order valence-corrected chi connectivity index (χ1v) is 4.55. The predicted octanol–water partition coefficient (Wildman–Crippen LogP) is 0.933. The molecule has 0 aliphatic rings. The molecule has 3 nitrogen and oxygen atoms in total. The lowest BCUT2D eigenvalue weighted by atomic mass is 10.1. The molecule has 3 unspecified atom stereocenters. The fourth-order valence-electron chi connectivity index (χ4n) is 1.01. The molecule has 3 heteroatoms. The van der Waals surface area contributed by atoms with Gasteiger partial charge in [0.2, 0.25) is 0 Å². The molecule has 0 amide bonds. The fourth-order valence-corrected chi connectivity index (χ4v) is 1.01. The molecule has 0 aliphatic carbocycles. The molecule has 0 spiro atoms. The topological polar surface area (TPSA) is 49.7 Å². The highest BCUT2D eigenvalue weighted by Gasteiger charge is 2.12. The van der Waals surface area contributed by atoms with Crippen LogP contribution in [0.15, 0.2) is 0 Å². The van der Waals surface area contributed by atoms with E-state index in [2.05, 4.69) is 0 Å². The summed E-state index contributed by atoms with van der Waals surface area (Å²) >= 11 is 0. The zero-order valence-electron chi connectivity index (χ0n) is 8.16. The van der Waals surface area contributed by atoms with Gasteiger partial charge in [0, 0.05) is 6.61 Å². The maximum Gasteiger partial charge on any atom is 0.0797 e. The molecule has 3 atom stereocenters. The third-order valence-corrected chi connectivity index (χ3v) is 1.88. The molecule has 0 aromatic carbocycles.